The van der Waals surface area contributed by atoms with Gasteiger partial charge in [-0.05, 0) is 129 Å². The van der Waals surface area contributed by atoms with Crippen LogP contribution in [0.25, 0.3) is 0 Å². The molecule has 3 nitrogen and oxygen atoms in total. The van der Waals surface area contributed by atoms with Gasteiger partial charge in [0.05, 0.1) is 6.10 Å². The fourth-order valence-electron chi connectivity index (χ4n) is 7.52. The number of aliphatic hydroxyl groups is 1. The number of fused-ring (bicyclic) bond motifs is 5. The van der Waals surface area contributed by atoms with Crippen molar-refractivity contribution in [2.75, 3.05) is 20.6 Å². The molecule has 32 heavy (non-hydrogen) atoms. The van der Waals surface area contributed by atoms with E-state index in [1.165, 1.54) is 35.1 Å². The molecule has 3 heteroatoms. The second-order valence-electron chi connectivity index (χ2n) is 11.3. The highest BCUT2D eigenvalue weighted by Gasteiger charge is 2.57. The lowest BCUT2D eigenvalue weighted by Crippen LogP contribution is -2.47. The molecule has 172 valence electrons. The van der Waals surface area contributed by atoms with Gasteiger partial charge in [0.25, 0.3) is 0 Å². The van der Waals surface area contributed by atoms with E-state index in [2.05, 4.69) is 56.3 Å². The monoisotopic (exact) mass is 433 g/mol. The molecule has 0 saturated heterocycles. The van der Waals surface area contributed by atoms with Crippen LogP contribution in [0.5, 0.6) is 5.75 Å². The Morgan fingerprint density at radius 1 is 1.03 bits per heavy atom. The van der Waals surface area contributed by atoms with Crippen LogP contribution in [0.15, 0.2) is 42.5 Å². The van der Waals surface area contributed by atoms with Gasteiger partial charge in [-0.2, -0.15) is 0 Å². The molecule has 2 saturated carbocycles. The van der Waals surface area contributed by atoms with Crippen LogP contribution in [0.4, 0.5) is 0 Å². The van der Waals surface area contributed by atoms with E-state index >= 15 is 0 Å². The van der Waals surface area contributed by atoms with Gasteiger partial charge in [-0.25, -0.2) is 0 Å². The average Bonchev–Trinajstić information content (AvgIpc) is 3.07. The molecular weight excluding hydrogens is 394 g/mol. The molecule has 0 aliphatic heterocycles. The van der Waals surface area contributed by atoms with Crippen LogP contribution in [0.1, 0.15) is 73.1 Å². The van der Waals surface area contributed by atoms with E-state index in [9.17, 15) is 10.2 Å². The van der Waals surface area contributed by atoms with E-state index in [0.29, 0.717) is 29.4 Å². The molecule has 3 aliphatic rings. The Labute approximate surface area is 193 Å². The molecule has 0 amide bonds. The van der Waals surface area contributed by atoms with Crippen LogP contribution < -0.4 is 0 Å². The first-order chi connectivity index (χ1) is 15.4. The maximum atomic E-state index is 11.0. The molecule has 2 N–H and O–H groups in total. The smallest absolute Gasteiger partial charge is 0.115 e. The quantitative estimate of drug-likeness (QED) is 0.655. The van der Waals surface area contributed by atoms with E-state index in [1.54, 1.807) is 0 Å². The minimum Gasteiger partial charge on any atom is -0.508 e. The van der Waals surface area contributed by atoms with Gasteiger partial charge in [0.2, 0.25) is 0 Å². The number of benzene rings is 2. The SMILES string of the molecule is CN(C)CCCc1ccc([C@H]2C[C@]3(C)[C@@H](O)CC[C@H]3[C@@H]3CCc4cc(O)ccc4[C@H]32)cc1. The summed E-state index contributed by atoms with van der Waals surface area (Å²) in [5.41, 5.74) is 5.64. The summed E-state index contributed by atoms with van der Waals surface area (Å²) in [5.74, 6) is 2.52. The van der Waals surface area contributed by atoms with Gasteiger partial charge in [-0.3, -0.25) is 0 Å². The lowest BCUT2D eigenvalue weighted by molar-refractivity contribution is -0.0322. The number of hydrogen-bond acceptors (Lipinski definition) is 3. The lowest BCUT2D eigenvalue weighted by atomic mass is 9.51. The number of nitrogens with zero attached hydrogens (tertiary/aromatic N) is 1. The molecule has 6 atom stereocenters. The maximum absolute atomic E-state index is 11.0. The topological polar surface area (TPSA) is 43.7 Å². The third-order valence-corrected chi connectivity index (χ3v) is 9.14. The van der Waals surface area contributed by atoms with Gasteiger partial charge in [-0.1, -0.05) is 37.3 Å². The molecule has 2 aromatic carbocycles. The standard InChI is InChI=1S/C29H39NO2/c1-29-18-25(20-8-6-19(7-9-20)5-4-16-30(2)3)28-23-13-11-22(31)17-21(23)10-12-24(28)26(29)14-15-27(29)32/h6-9,11,13,17,24-28,31-32H,4-5,10,12,14-16,18H2,1-3H3/t24-,25+,26-,27-,28+,29-/m0/s1. The van der Waals surface area contributed by atoms with Gasteiger partial charge in [0.1, 0.15) is 5.75 Å². The number of rotatable bonds is 5. The van der Waals surface area contributed by atoms with Gasteiger partial charge < -0.3 is 15.1 Å². The minimum absolute atomic E-state index is 0.0185. The Kier molecular flexibility index (Phi) is 5.84. The van der Waals surface area contributed by atoms with Crippen molar-refractivity contribution in [3.8, 4) is 5.75 Å². The van der Waals surface area contributed by atoms with Gasteiger partial charge in [0.15, 0.2) is 0 Å². The molecule has 0 unspecified atom stereocenters. The highest BCUT2D eigenvalue weighted by atomic mass is 16.3. The van der Waals surface area contributed by atoms with E-state index in [4.69, 9.17) is 0 Å². The summed E-state index contributed by atoms with van der Waals surface area (Å²) in [5, 5.41) is 21.1. The van der Waals surface area contributed by atoms with Crippen molar-refractivity contribution in [2.45, 2.75) is 69.8 Å². The summed E-state index contributed by atoms with van der Waals surface area (Å²) in [6.45, 7) is 3.48. The van der Waals surface area contributed by atoms with Crippen LogP contribution in [-0.2, 0) is 12.8 Å². The fraction of sp³-hybridized carbons (Fsp3) is 0.586. The van der Waals surface area contributed by atoms with Crippen molar-refractivity contribution < 1.29 is 10.2 Å². The molecule has 2 aromatic rings. The number of phenols is 1. The third-order valence-electron chi connectivity index (χ3n) is 9.14. The van der Waals surface area contributed by atoms with Crippen molar-refractivity contribution >= 4 is 0 Å². The number of phenolic OH excluding ortho intramolecular Hbond substituents is 1. The van der Waals surface area contributed by atoms with Crippen LogP contribution >= 0.6 is 0 Å². The summed E-state index contributed by atoms with van der Waals surface area (Å²) in [7, 11) is 4.27. The molecule has 0 heterocycles. The summed E-state index contributed by atoms with van der Waals surface area (Å²) in [4.78, 5) is 2.25. The van der Waals surface area contributed by atoms with Crippen LogP contribution in [0, 0.1) is 17.3 Å². The van der Waals surface area contributed by atoms with Crippen LogP contribution in [0.3, 0.4) is 0 Å². The predicted octanol–water partition coefficient (Wildman–Crippen LogP) is 5.50. The van der Waals surface area contributed by atoms with Crippen molar-refractivity contribution in [3.05, 3.63) is 64.7 Å². The largest absolute Gasteiger partial charge is 0.508 e. The molecule has 2 fully saturated rings. The van der Waals surface area contributed by atoms with E-state index in [0.717, 1.165) is 38.6 Å². The van der Waals surface area contributed by atoms with Gasteiger partial charge in [-0.15, -0.1) is 0 Å². The Bertz CT molecular complexity index is 952. The molecule has 0 bridgehead atoms. The maximum Gasteiger partial charge on any atom is 0.115 e. The van der Waals surface area contributed by atoms with Crippen LogP contribution in [0.2, 0.25) is 0 Å². The van der Waals surface area contributed by atoms with Crippen molar-refractivity contribution in [2.24, 2.45) is 17.3 Å². The summed E-state index contributed by atoms with van der Waals surface area (Å²) < 4.78 is 0. The zero-order chi connectivity index (χ0) is 22.5. The fourth-order valence-corrected chi connectivity index (χ4v) is 7.52. The normalized spacial score (nSPS) is 33.6. The Morgan fingerprint density at radius 2 is 1.81 bits per heavy atom. The van der Waals surface area contributed by atoms with E-state index in [-0.39, 0.29) is 11.5 Å². The Morgan fingerprint density at radius 3 is 2.56 bits per heavy atom. The van der Waals surface area contributed by atoms with Crippen LogP contribution in [-0.4, -0.2) is 41.9 Å². The zero-order valence-electron chi connectivity index (χ0n) is 19.9. The van der Waals surface area contributed by atoms with Crippen molar-refractivity contribution in [3.63, 3.8) is 0 Å². The highest BCUT2D eigenvalue weighted by Crippen LogP contribution is 2.65. The number of hydrogen-bond donors (Lipinski definition) is 2. The Balaban J connectivity index is 1.48. The van der Waals surface area contributed by atoms with E-state index in [1.807, 2.05) is 12.1 Å². The lowest BCUT2D eigenvalue weighted by Gasteiger charge is -2.54. The predicted molar refractivity (Wildman–Crippen MR) is 130 cm³/mol. The summed E-state index contributed by atoms with van der Waals surface area (Å²) in [6.07, 6.45) is 7.51. The van der Waals surface area contributed by atoms with E-state index < -0.39 is 0 Å². The molecule has 5 rings (SSSR count). The van der Waals surface area contributed by atoms with Crippen molar-refractivity contribution in [1.29, 1.82) is 0 Å². The molecule has 0 aromatic heterocycles. The average molecular weight is 434 g/mol. The first-order valence-corrected chi connectivity index (χ1v) is 12.6. The molecule has 0 radical (unpaired) electrons. The summed E-state index contributed by atoms with van der Waals surface area (Å²) >= 11 is 0. The van der Waals surface area contributed by atoms with Crippen molar-refractivity contribution in [1.82, 2.24) is 4.90 Å². The zero-order valence-corrected chi connectivity index (χ0v) is 19.9. The number of aromatic hydroxyl groups is 1. The van der Waals surface area contributed by atoms with Gasteiger partial charge >= 0.3 is 0 Å². The summed E-state index contributed by atoms with van der Waals surface area (Å²) in [6, 6.07) is 15.5. The minimum atomic E-state index is -0.178. The molecular formula is C29H39NO2. The Hall–Kier alpha value is -1.84. The molecule has 0 spiro atoms. The third kappa shape index (κ3) is 3.78. The first kappa shape index (κ1) is 22.0. The second-order valence-corrected chi connectivity index (χ2v) is 11.3. The van der Waals surface area contributed by atoms with Gasteiger partial charge in [0, 0.05) is 0 Å². The molecule has 3 aliphatic carbocycles. The second kappa shape index (κ2) is 8.50. The number of aliphatic hydroxyl groups excluding tert-OH is 1. The number of aryl methyl sites for hydroxylation is 2. The highest BCUT2D eigenvalue weighted by molar-refractivity contribution is 5.43. The first-order valence-electron chi connectivity index (χ1n) is 12.6.